The number of carbonyl (C=O) groups excluding carboxylic acids is 1. The lowest BCUT2D eigenvalue weighted by Crippen LogP contribution is -2.37. The van der Waals surface area contributed by atoms with E-state index in [1.807, 2.05) is 42.5 Å². The highest BCUT2D eigenvalue weighted by molar-refractivity contribution is 7.91. The summed E-state index contributed by atoms with van der Waals surface area (Å²) in [6.45, 7) is 0.678. The van der Waals surface area contributed by atoms with E-state index >= 15 is 0 Å². The molecule has 0 bridgehead atoms. The third-order valence-corrected chi connectivity index (χ3v) is 6.59. The van der Waals surface area contributed by atoms with Crippen LogP contribution < -0.4 is 5.32 Å². The number of hydrogen-bond donors (Lipinski definition) is 3. The molecule has 0 radical (unpaired) electrons. The fourth-order valence-corrected chi connectivity index (χ4v) is 4.69. The highest BCUT2D eigenvalue weighted by Crippen LogP contribution is 2.40. The Hall–Kier alpha value is -2.97. The van der Waals surface area contributed by atoms with Gasteiger partial charge in [-0.25, -0.2) is 0 Å². The number of hydrogen-bond acceptors (Lipinski definition) is 6. The van der Waals surface area contributed by atoms with Gasteiger partial charge in [0.25, 0.3) is 0 Å². The van der Waals surface area contributed by atoms with Crippen LogP contribution in [0.2, 0.25) is 0 Å². The number of carboxylic acid groups (broad SMARTS) is 1. The first-order chi connectivity index (χ1) is 14.7. The van der Waals surface area contributed by atoms with E-state index in [9.17, 15) is 18.9 Å². The first kappa shape index (κ1) is 21.3. The molecule has 0 saturated heterocycles. The van der Waals surface area contributed by atoms with Crippen LogP contribution in [0.25, 0.3) is 11.3 Å². The Labute approximate surface area is 181 Å². The summed E-state index contributed by atoms with van der Waals surface area (Å²) in [4.78, 5) is 24.1. The minimum absolute atomic E-state index is 0.0292. The number of fused-ring (bicyclic) bond motifs is 2. The van der Waals surface area contributed by atoms with Gasteiger partial charge in [-0.1, -0.05) is 42.5 Å². The molecule has 2 aliphatic rings. The molecule has 2 aromatic rings. The SMILES string of the molecule is CS(=N)(=O)CCC(NCc1ccc2c(c1)CO/C2=C1/C(=O)Cc2ccccc21)C(=O)O. The third kappa shape index (κ3) is 4.55. The van der Waals surface area contributed by atoms with Crippen molar-refractivity contribution in [3.63, 3.8) is 0 Å². The van der Waals surface area contributed by atoms with Crippen molar-refractivity contribution >= 4 is 32.8 Å². The molecule has 1 aliphatic carbocycles. The van der Waals surface area contributed by atoms with Crippen LogP contribution in [0, 0.1) is 4.78 Å². The van der Waals surface area contributed by atoms with Crippen molar-refractivity contribution < 1.29 is 23.6 Å². The molecule has 2 atom stereocenters. The van der Waals surface area contributed by atoms with Crippen LogP contribution in [0.1, 0.15) is 34.2 Å². The number of aliphatic carboxylic acids is 1. The zero-order valence-electron chi connectivity index (χ0n) is 17.1. The van der Waals surface area contributed by atoms with E-state index in [1.165, 1.54) is 6.26 Å². The highest BCUT2D eigenvalue weighted by atomic mass is 32.2. The molecule has 0 fully saturated rings. The van der Waals surface area contributed by atoms with Gasteiger partial charge in [-0.15, -0.1) is 0 Å². The number of ketones is 1. The Morgan fingerprint density at radius 3 is 2.74 bits per heavy atom. The number of benzene rings is 2. The normalized spacial score (nSPS) is 20.0. The van der Waals surface area contributed by atoms with E-state index < -0.39 is 21.7 Å². The Morgan fingerprint density at radius 2 is 2.00 bits per heavy atom. The second-order valence-corrected chi connectivity index (χ2v) is 10.4. The molecule has 7 nitrogen and oxygen atoms in total. The van der Waals surface area contributed by atoms with E-state index in [0.717, 1.165) is 27.8 Å². The standard InChI is InChI=1S/C23H24N2O5S/c1-31(24,29)9-8-19(23(27)28)25-12-14-6-7-18-16(10-14)13-30-22(18)21-17-5-3-2-4-15(17)11-20(21)26/h2-7,10,19,24-25H,8-9,11-13H2,1H3,(H,27,28)/b22-21+. The summed E-state index contributed by atoms with van der Waals surface area (Å²) in [6, 6.07) is 12.6. The molecule has 0 spiro atoms. The summed E-state index contributed by atoms with van der Waals surface area (Å²) < 4.78 is 24.9. The Morgan fingerprint density at radius 1 is 1.23 bits per heavy atom. The topological polar surface area (TPSA) is 117 Å². The molecule has 8 heteroatoms. The van der Waals surface area contributed by atoms with Crippen molar-refractivity contribution in [2.45, 2.75) is 32.0 Å². The van der Waals surface area contributed by atoms with Gasteiger partial charge in [0.05, 0.1) is 5.57 Å². The van der Waals surface area contributed by atoms with Crippen molar-refractivity contribution in [3.05, 3.63) is 70.3 Å². The third-order valence-electron chi connectivity index (χ3n) is 5.58. The zero-order valence-corrected chi connectivity index (χ0v) is 18.0. The molecule has 0 amide bonds. The molecular formula is C23H24N2O5S. The monoisotopic (exact) mass is 440 g/mol. The summed E-state index contributed by atoms with van der Waals surface area (Å²) in [5.41, 5.74) is 5.29. The molecule has 2 unspecified atom stereocenters. The van der Waals surface area contributed by atoms with Gasteiger partial charge in [0, 0.05) is 45.8 Å². The molecule has 1 aliphatic heterocycles. The van der Waals surface area contributed by atoms with Gasteiger partial charge in [-0.05, 0) is 23.1 Å². The van der Waals surface area contributed by atoms with E-state index in [-0.39, 0.29) is 18.0 Å². The fraction of sp³-hybridized carbons (Fsp3) is 0.304. The summed E-state index contributed by atoms with van der Waals surface area (Å²) in [5.74, 6) is -0.331. The average molecular weight is 441 g/mol. The van der Waals surface area contributed by atoms with E-state index in [0.29, 0.717) is 30.9 Å². The van der Waals surface area contributed by atoms with Crippen LogP contribution >= 0.6 is 0 Å². The molecule has 4 rings (SSSR count). The van der Waals surface area contributed by atoms with Crippen molar-refractivity contribution in [1.82, 2.24) is 5.32 Å². The quantitative estimate of drug-likeness (QED) is 0.570. The van der Waals surface area contributed by atoms with Gasteiger partial charge in [-0.2, -0.15) is 0 Å². The summed E-state index contributed by atoms with van der Waals surface area (Å²) in [6.07, 6.45) is 1.82. The molecule has 3 N–H and O–H groups in total. The predicted octanol–water partition coefficient (Wildman–Crippen LogP) is 2.82. The Balaban J connectivity index is 1.53. The maximum Gasteiger partial charge on any atom is 0.320 e. The van der Waals surface area contributed by atoms with Crippen LogP contribution in [0.15, 0.2) is 42.5 Å². The van der Waals surface area contributed by atoms with Crippen LogP contribution in [-0.2, 0) is 43.6 Å². The molecule has 0 saturated carbocycles. The lowest BCUT2D eigenvalue weighted by molar-refractivity contribution is -0.139. The Kier molecular flexibility index (Phi) is 5.68. The van der Waals surface area contributed by atoms with Gasteiger partial charge >= 0.3 is 5.97 Å². The predicted molar refractivity (Wildman–Crippen MR) is 118 cm³/mol. The average Bonchev–Trinajstić information content (AvgIpc) is 3.25. The molecular weight excluding hydrogens is 416 g/mol. The van der Waals surface area contributed by atoms with Gasteiger partial charge in [0.1, 0.15) is 18.4 Å². The fourth-order valence-electron chi connectivity index (χ4n) is 4.01. The number of carbonyl (C=O) groups is 2. The lowest BCUT2D eigenvalue weighted by Gasteiger charge is -2.15. The van der Waals surface area contributed by atoms with Gasteiger partial charge in [0.15, 0.2) is 5.78 Å². The van der Waals surface area contributed by atoms with Crippen LogP contribution in [0.3, 0.4) is 0 Å². The zero-order chi connectivity index (χ0) is 22.2. The van der Waals surface area contributed by atoms with E-state index in [4.69, 9.17) is 9.52 Å². The van der Waals surface area contributed by atoms with E-state index in [1.54, 1.807) is 0 Å². The first-order valence-corrected chi connectivity index (χ1v) is 12.1. The molecule has 0 aromatic heterocycles. The van der Waals surface area contributed by atoms with Crippen LogP contribution in [0.4, 0.5) is 0 Å². The van der Waals surface area contributed by atoms with Crippen molar-refractivity contribution in [3.8, 4) is 0 Å². The smallest absolute Gasteiger partial charge is 0.320 e. The molecule has 162 valence electrons. The summed E-state index contributed by atoms with van der Waals surface area (Å²) in [5, 5.41) is 12.4. The lowest BCUT2D eigenvalue weighted by atomic mass is 9.99. The molecule has 1 heterocycles. The summed E-state index contributed by atoms with van der Waals surface area (Å²) >= 11 is 0. The number of ether oxygens (including phenoxy) is 1. The van der Waals surface area contributed by atoms with Crippen LogP contribution in [-0.4, -0.2) is 39.1 Å². The van der Waals surface area contributed by atoms with E-state index in [2.05, 4.69) is 5.32 Å². The minimum atomic E-state index is -2.74. The second-order valence-electron chi connectivity index (χ2n) is 8.01. The largest absolute Gasteiger partial charge is 0.487 e. The minimum Gasteiger partial charge on any atom is -0.487 e. The molecule has 2 aromatic carbocycles. The number of rotatable bonds is 7. The number of carboxylic acids is 1. The first-order valence-electron chi connectivity index (χ1n) is 10.0. The molecule has 31 heavy (non-hydrogen) atoms. The Bertz CT molecular complexity index is 1200. The van der Waals surface area contributed by atoms with Gasteiger partial charge in [-0.3, -0.25) is 18.6 Å². The second kappa shape index (κ2) is 8.28. The van der Waals surface area contributed by atoms with Crippen LogP contribution in [0.5, 0.6) is 0 Å². The van der Waals surface area contributed by atoms with Crippen molar-refractivity contribution in [2.24, 2.45) is 0 Å². The van der Waals surface area contributed by atoms with Crippen molar-refractivity contribution in [1.29, 1.82) is 4.78 Å². The number of Topliss-reactive ketones (excluding diaryl/α,β-unsaturated/α-hetero) is 1. The maximum absolute atomic E-state index is 12.6. The summed E-state index contributed by atoms with van der Waals surface area (Å²) in [7, 11) is -2.74. The number of nitrogens with one attached hydrogen (secondary N) is 2. The van der Waals surface area contributed by atoms with Gasteiger partial charge in [0.2, 0.25) is 0 Å². The highest BCUT2D eigenvalue weighted by Gasteiger charge is 2.32. The maximum atomic E-state index is 12.6. The number of allylic oxidation sites excluding steroid dienone is 1. The van der Waals surface area contributed by atoms with Crippen molar-refractivity contribution in [2.75, 3.05) is 12.0 Å². The van der Waals surface area contributed by atoms with Gasteiger partial charge < -0.3 is 15.2 Å².